The van der Waals surface area contributed by atoms with Crippen LogP contribution in [0.15, 0.2) is 57.3 Å². The van der Waals surface area contributed by atoms with Crippen LogP contribution in [0.1, 0.15) is 13.3 Å². The number of hydrogen-bond acceptors (Lipinski definition) is 4. The monoisotopic (exact) mass is 260 g/mol. The molecule has 1 aromatic carbocycles. The van der Waals surface area contributed by atoms with E-state index in [0.717, 1.165) is 15.5 Å². The summed E-state index contributed by atoms with van der Waals surface area (Å²) in [7, 11) is 0. The summed E-state index contributed by atoms with van der Waals surface area (Å²) >= 11 is 1.60. The van der Waals surface area contributed by atoms with Gasteiger partial charge in [-0.2, -0.15) is 0 Å². The van der Waals surface area contributed by atoms with Gasteiger partial charge in [0.15, 0.2) is 5.78 Å². The van der Waals surface area contributed by atoms with Crippen LogP contribution in [0.5, 0.6) is 0 Å². The van der Waals surface area contributed by atoms with Gasteiger partial charge in [0.05, 0.1) is 5.69 Å². The van der Waals surface area contributed by atoms with Crippen LogP contribution in [0, 0.1) is 0 Å². The number of benzene rings is 1. The highest BCUT2D eigenvalue weighted by atomic mass is 32.2. The highest BCUT2D eigenvalue weighted by Crippen LogP contribution is 2.39. The molecule has 0 saturated carbocycles. The first-order chi connectivity index (χ1) is 8.22. The number of Topliss-reactive ketones (excluding diaryl/α,β-unsaturated/α-hetero) is 1. The van der Waals surface area contributed by atoms with Crippen molar-refractivity contribution in [1.82, 2.24) is 6.15 Å². The molecule has 18 heavy (non-hydrogen) atoms. The number of rotatable bonds is 3. The van der Waals surface area contributed by atoms with E-state index in [-0.39, 0.29) is 11.9 Å². The molecule has 0 aromatic heterocycles. The van der Waals surface area contributed by atoms with Crippen molar-refractivity contribution in [2.45, 2.75) is 18.2 Å². The van der Waals surface area contributed by atoms with E-state index in [1.165, 1.54) is 0 Å². The maximum atomic E-state index is 11.6. The maximum absolute atomic E-state index is 11.6. The second-order valence-electron chi connectivity index (χ2n) is 3.71. The molecule has 1 aliphatic heterocycles. The molecule has 94 valence electrons. The number of carbonyl (C=O) groups is 1. The van der Waals surface area contributed by atoms with E-state index >= 15 is 0 Å². The zero-order valence-corrected chi connectivity index (χ0v) is 11.2. The van der Waals surface area contributed by atoms with Gasteiger partial charge in [-0.05, 0) is 25.5 Å². The van der Waals surface area contributed by atoms with Crippen molar-refractivity contribution in [3.05, 3.63) is 47.4 Å². The minimum absolute atomic E-state index is 0. The average Bonchev–Trinajstić information content (AvgIpc) is 2.48. The molecule has 3 nitrogen and oxygen atoms in total. The van der Waals surface area contributed by atoms with Crippen molar-refractivity contribution >= 4 is 29.4 Å². The maximum Gasteiger partial charge on any atom is 0.162 e. The quantitative estimate of drug-likeness (QED) is 0.833. The highest BCUT2D eigenvalue weighted by molar-refractivity contribution is 8.03. The first-order valence-electron chi connectivity index (χ1n) is 5.38. The zero-order valence-electron chi connectivity index (χ0n) is 10.3. The van der Waals surface area contributed by atoms with Gasteiger partial charge >= 0.3 is 0 Å². The van der Waals surface area contributed by atoms with Crippen molar-refractivity contribution in [2.75, 3.05) is 0 Å². The van der Waals surface area contributed by atoms with Gasteiger partial charge in [0.25, 0.3) is 0 Å². The number of carbonyl (C=O) groups excluding carboxylic acids is 1. The van der Waals surface area contributed by atoms with E-state index in [9.17, 15) is 4.79 Å². The fourth-order valence-corrected chi connectivity index (χ4v) is 2.76. The van der Waals surface area contributed by atoms with Gasteiger partial charge in [-0.15, -0.1) is 6.58 Å². The third-order valence-electron chi connectivity index (χ3n) is 2.44. The van der Waals surface area contributed by atoms with E-state index in [4.69, 9.17) is 0 Å². The summed E-state index contributed by atoms with van der Waals surface area (Å²) in [5.74, 6) is 0.0471. The van der Waals surface area contributed by atoms with Crippen LogP contribution in [0.2, 0.25) is 0 Å². The molecule has 0 amide bonds. The molecule has 0 fully saturated rings. The first-order valence-corrected chi connectivity index (χ1v) is 6.20. The topological polar surface area (TPSA) is 64.4 Å². The lowest BCUT2D eigenvalue weighted by Gasteiger charge is -2.06. The molecule has 0 unspecified atom stereocenters. The lowest BCUT2D eigenvalue weighted by molar-refractivity contribution is -0.113. The number of thioether (sulfide) groups is 1. The van der Waals surface area contributed by atoms with E-state index in [1.54, 1.807) is 24.9 Å². The summed E-state index contributed by atoms with van der Waals surface area (Å²) in [6, 6.07) is 7.89. The number of nitrogens with zero attached hydrogens (tertiary/aromatic N) is 1. The average molecular weight is 260 g/mol. The summed E-state index contributed by atoms with van der Waals surface area (Å²) in [4.78, 5) is 18.0. The number of aliphatic imine (C=N–C) groups is 1. The summed E-state index contributed by atoms with van der Waals surface area (Å²) in [5, 5.41) is 0. The third-order valence-corrected chi connectivity index (χ3v) is 3.64. The van der Waals surface area contributed by atoms with Crippen LogP contribution in [0.4, 0.5) is 5.69 Å². The Hall–Kier alpha value is -1.65. The third kappa shape index (κ3) is 2.97. The fourth-order valence-electron chi connectivity index (χ4n) is 1.61. The normalized spacial score (nSPS) is 13.4. The van der Waals surface area contributed by atoms with Gasteiger partial charge in [0.2, 0.25) is 0 Å². The van der Waals surface area contributed by atoms with Crippen molar-refractivity contribution in [3.63, 3.8) is 0 Å². The van der Waals surface area contributed by atoms with Gasteiger partial charge in [-0.3, -0.25) is 9.79 Å². The smallest absolute Gasteiger partial charge is 0.162 e. The molecule has 1 heterocycles. The molecular formula is C14H16N2OS. The lowest BCUT2D eigenvalue weighted by atomic mass is 10.1. The molecule has 0 atom stereocenters. The molecule has 0 aliphatic carbocycles. The van der Waals surface area contributed by atoms with Crippen LogP contribution >= 0.6 is 11.8 Å². The molecular weight excluding hydrogens is 244 g/mol. The number of hydrogen-bond donors (Lipinski definition) is 1. The summed E-state index contributed by atoms with van der Waals surface area (Å²) in [6.07, 6.45) is 4.17. The minimum Gasteiger partial charge on any atom is -0.344 e. The largest absolute Gasteiger partial charge is 0.344 e. The number of ketones is 1. The molecule has 0 radical (unpaired) electrons. The van der Waals surface area contributed by atoms with Gasteiger partial charge in [-0.1, -0.05) is 30.0 Å². The second-order valence-corrected chi connectivity index (χ2v) is 4.85. The SMILES string of the molecule is C=CCC1=C(C(C)=O)C=Nc2ccccc2S1.N. The van der Waals surface area contributed by atoms with Gasteiger partial charge in [-0.25, -0.2) is 0 Å². The van der Waals surface area contributed by atoms with Crippen molar-refractivity contribution in [3.8, 4) is 0 Å². The van der Waals surface area contributed by atoms with Gasteiger partial charge < -0.3 is 6.15 Å². The molecule has 2 rings (SSSR count). The molecule has 0 bridgehead atoms. The Kier molecular flexibility index (Phi) is 5.07. The minimum atomic E-state index is 0. The molecule has 0 saturated heterocycles. The Morgan fingerprint density at radius 2 is 2.17 bits per heavy atom. The zero-order chi connectivity index (χ0) is 12.3. The van der Waals surface area contributed by atoms with Crippen LogP contribution < -0.4 is 6.15 Å². The van der Waals surface area contributed by atoms with Crippen LogP contribution in [-0.2, 0) is 4.79 Å². The molecule has 1 aliphatic rings. The van der Waals surface area contributed by atoms with E-state index in [0.29, 0.717) is 12.0 Å². The van der Waals surface area contributed by atoms with Crippen LogP contribution in [0.3, 0.4) is 0 Å². The van der Waals surface area contributed by atoms with Crippen molar-refractivity contribution < 1.29 is 4.79 Å². The van der Waals surface area contributed by atoms with Crippen molar-refractivity contribution in [1.29, 1.82) is 0 Å². The van der Waals surface area contributed by atoms with E-state index < -0.39 is 0 Å². The molecule has 3 N–H and O–H groups in total. The van der Waals surface area contributed by atoms with Crippen LogP contribution in [-0.4, -0.2) is 12.0 Å². The Morgan fingerprint density at radius 1 is 1.44 bits per heavy atom. The predicted octanol–water partition coefficient (Wildman–Crippen LogP) is 4.08. The number of para-hydroxylation sites is 1. The fraction of sp³-hybridized carbons (Fsp3) is 0.143. The highest BCUT2D eigenvalue weighted by Gasteiger charge is 2.15. The number of fused-ring (bicyclic) bond motifs is 1. The molecule has 4 heteroatoms. The first kappa shape index (κ1) is 14.4. The summed E-state index contributed by atoms with van der Waals surface area (Å²) in [5.41, 5.74) is 1.60. The second kappa shape index (κ2) is 6.33. The lowest BCUT2D eigenvalue weighted by Crippen LogP contribution is -2.00. The Bertz CT molecular complexity index is 532. The van der Waals surface area contributed by atoms with E-state index in [2.05, 4.69) is 11.6 Å². The van der Waals surface area contributed by atoms with Gasteiger partial charge in [0, 0.05) is 21.6 Å². The Morgan fingerprint density at radius 3 is 2.83 bits per heavy atom. The van der Waals surface area contributed by atoms with Crippen LogP contribution in [0.25, 0.3) is 0 Å². The Labute approximate surface area is 111 Å². The summed E-state index contributed by atoms with van der Waals surface area (Å²) < 4.78 is 0. The van der Waals surface area contributed by atoms with Crippen molar-refractivity contribution in [2.24, 2.45) is 4.99 Å². The summed E-state index contributed by atoms with van der Waals surface area (Å²) in [6.45, 7) is 5.30. The molecule has 0 spiro atoms. The number of allylic oxidation sites excluding steroid dienone is 3. The standard InChI is InChI=1S/C14H13NOS.H3N/c1-3-6-13-11(10(2)16)9-15-12-7-4-5-8-14(12)17-13;/h3-5,7-9H,1,6H2,2H3;1H3. The molecule has 1 aromatic rings. The van der Waals surface area contributed by atoms with E-state index in [1.807, 2.05) is 30.3 Å². The van der Waals surface area contributed by atoms with Gasteiger partial charge in [0.1, 0.15) is 0 Å². The Balaban J connectivity index is 0.00000162. The predicted molar refractivity (Wildman–Crippen MR) is 78.0 cm³/mol.